The van der Waals surface area contributed by atoms with Crippen LogP contribution in [0, 0.1) is 5.82 Å². The average molecular weight is 437 g/mol. The molecule has 0 aliphatic rings. The molecule has 9 nitrogen and oxygen atoms in total. The van der Waals surface area contributed by atoms with Gasteiger partial charge in [0.15, 0.2) is 5.69 Å². The fourth-order valence-corrected chi connectivity index (χ4v) is 2.19. The van der Waals surface area contributed by atoms with Crippen LogP contribution in [-0.2, 0) is 18.0 Å². The zero-order chi connectivity index (χ0) is 21.8. The Morgan fingerprint density at radius 1 is 1.21 bits per heavy atom. The standard InChI is InChI=1S/C15H13ClF4N6O3/c1-26-6-8(12(25-26)15(18,19)20)13(28)21-5-11(27)23-24-14(29)22-10-3-2-7(16)4-9(10)17/h2-4,6H,5H2,1H3,(H,21,28)(H,23,27)(H2,22,24,29). The monoisotopic (exact) mass is 436 g/mol. The van der Waals surface area contributed by atoms with Gasteiger partial charge in [-0.1, -0.05) is 11.6 Å². The number of urea groups is 1. The molecule has 0 spiro atoms. The van der Waals surface area contributed by atoms with E-state index in [1.165, 1.54) is 19.2 Å². The largest absolute Gasteiger partial charge is 0.435 e. The highest BCUT2D eigenvalue weighted by Gasteiger charge is 2.39. The predicted molar refractivity (Wildman–Crippen MR) is 92.3 cm³/mol. The Hall–Kier alpha value is -3.35. The molecule has 0 saturated heterocycles. The van der Waals surface area contributed by atoms with E-state index in [-0.39, 0.29) is 10.7 Å². The van der Waals surface area contributed by atoms with E-state index in [0.29, 0.717) is 0 Å². The van der Waals surface area contributed by atoms with E-state index in [1.807, 2.05) is 16.2 Å². The Morgan fingerprint density at radius 2 is 1.90 bits per heavy atom. The number of hydrogen-bond acceptors (Lipinski definition) is 4. The van der Waals surface area contributed by atoms with E-state index in [1.54, 1.807) is 0 Å². The van der Waals surface area contributed by atoms with Crippen molar-refractivity contribution in [2.75, 3.05) is 11.9 Å². The topological polar surface area (TPSA) is 117 Å². The van der Waals surface area contributed by atoms with Crippen LogP contribution in [0.2, 0.25) is 5.02 Å². The van der Waals surface area contributed by atoms with Gasteiger partial charge in [-0.2, -0.15) is 18.3 Å². The van der Waals surface area contributed by atoms with E-state index in [9.17, 15) is 31.9 Å². The fourth-order valence-electron chi connectivity index (χ4n) is 2.03. The average Bonchev–Trinajstić information content (AvgIpc) is 3.02. The second-order valence-corrected chi connectivity index (χ2v) is 5.93. The summed E-state index contributed by atoms with van der Waals surface area (Å²) >= 11 is 5.57. The van der Waals surface area contributed by atoms with Crippen molar-refractivity contribution in [2.24, 2.45) is 7.05 Å². The van der Waals surface area contributed by atoms with Crippen molar-refractivity contribution in [1.29, 1.82) is 0 Å². The maximum absolute atomic E-state index is 13.6. The van der Waals surface area contributed by atoms with Gasteiger partial charge in [0.25, 0.3) is 11.8 Å². The smallest absolute Gasteiger partial charge is 0.343 e. The molecule has 0 saturated carbocycles. The number of hydrogen-bond donors (Lipinski definition) is 4. The van der Waals surface area contributed by atoms with Gasteiger partial charge in [-0.15, -0.1) is 0 Å². The normalized spacial score (nSPS) is 11.0. The fraction of sp³-hybridized carbons (Fsp3) is 0.200. The quantitative estimate of drug-likeness (QED) is 0.432. The summed E-state index contributed by atoms with van der Waals surface area (Å²) in [5.74, 6) is -2.96. The summed E-state index contributed by atoms with van der Waals surface area (Å²) in [7, 11) is 1.20. The minimum atomic E-state index is -4.85. The number of amides is 4. The van der Waals surface area contributed by atoms with Gasteiger partial charge in [0.05, 0.1) is 17.8 Å². The van der Waals surface area contributed by atoms with Gasteiger partial charge in [-0.25, -0.2) is 14.6 Å². The van der Waals surface area contributed by atoms with Crippen molar-refractivity contribution >= 4 is 35.1 Å². The predicted octanol–water partition coefficient (Wildman–Crippen LogP) is 1.81. The molecule has 0 unspecified atom stereocenters. The van der Waals surface area contributed by atoms with Crippen LogP contribution >= 0.6 is 11.6 Å². The van der Waals surface area contributed by atoms with Gasteiger partial charge in [-0.05, 0) is 18.2 Å². The van der Waals surface area contributed by atoms with Crippen molar-refractivity contribution < 1.29 is 31.9 Å². The van der Waals surface area contributed by atoms with Gasteiger partial charge >= 0.3 is 12.2 Å². The molecule has 1 aromatic carbocycles. The number of rotatable bonds is 4. The summed E-state index contributed by atoms with van der Waals surface area (Å²) in [6.45, 7) is -0.749. The van der Waals surface area contributed by atoms with Crippen molar-refractivity contribution in [3.8, 4) is 0 Å². The molecule has 0 fully saturated rings. The minimum Gasteiger partial charge on any atom is -0.343 e. The summed E-state index contributed by atoms with van der Waals surface area (Å²) in [5.41, 5.74) is 1.38. The molecule has 0 radical (unpaired) electrons. The maximum atomic E-state index is 13.6. The number of carbonyl (C=O) groups is 3. The van der Waals surface area contributed by atoms with E-state index < -0.39 is 47.6 Å². The lowest BCUT2D eigenvalue weighted by Gasteiger charge is -2.10. The number of hydrazine groups is 1. The molecule has 0 aliphatic carbocycles. The number of aryl methyl sites for hydroxylation is 1. The number of benzene rings is 1. The number of halogens is 5. The third kappa shape index (κ3) is 6.07. The number of nitrogens with one attached hydrogen (secondary N) is 4. The Balaban J connectivity index is 1.84. The van der Waals surface area contributed by atoms with Gasteiger partial charge in [0.2, 0.25) is 0 Å². The number of carbonyl (C=O) groups excluding carboxylic acids is 3. The highest BCUT2D eigenvalue weighted by molar-refractivity contribution is 6.30. The van der Waals surface area contributed by atoms with Crippen molar-refractivity contribution in [1.82, 2.24) is 25.9 Å². The third-order valence-electron chi connectivity index (χ3n) is 3.25. The van der Waals surface area contributed by atoms with Crippen LogP contribution in [-0.4, -0.2) is 34.2 Å². The first-order chi connectivity index (χ1) is 13.5. The van der Waals surface area contributed by atoms with Crippen LogP contribution in [0.25, 0.3) is 0 Å². The molecule has 0 aliphatic heterocycles. The third-order valence-corrected chi connectivity index (χ3v) is 3.48. The summed E-state index contributed by atoms with van der Waals surface area (Å²) < 4.78 is 52.9. The molecule has 1 heterocycles. The molecule has 2 rings (SSSR count). The molecule has 156 valence electrons. The molecule has 1 aromatic heterocycles. The molecule has 0 bridgehead atoms. The second-order valence-electron chi connectivity index (χ2n) is 5.50. The SMILES string of the molecule is Cn1cc(C(=O)NCC(=O)NNC(=O)Nc2ccc(Cl)cc2F)c(C(F)(F)F)n1. The Kier molecular flexibility index (Phi) is 6.64. The van der Waals surface area contributed by atoms with E-state index in [2.05, 4.69) is 10.4 Å². The first kappa shape index (κ1) is 21.9. The van der Waals surface area contributed by atoms with E-state index in [0.717, 1.165) is 16.9 Å². The number of nitrogens with zero attached hydrogens (tertiary/aromatic N) is 2. The molecule has 2 aromatic rings. The number of alkyl halides is 3. The zero-order valence-corrected chi connectivity index (χ0v) is 15.3. The van der Waals surface area contributed by atoms with E-state index in [4.69, 9.17) is 11.6 Å². The van der Waals surface area contributed by atoms with Gasteiger partial charge in [0, 0.05) is 18.3 Å². The van der Waals surface area contributed by atoms with Crippen LogP contribution < -0.4 is 21.5 Å². The minimum absolute atomic E-state index is 0.111. The Bertz CT molecular complexity index is 947. The first-order valence-corrected chi connectivity index (χ1v) is 8.05. The molecular weight excluding hydrogens is 424 g/mol. The molecule has 29 heavy (non-hydrogen) atoms. The summed E-state index contributed by atoms with van der Waals surface area (Å²) in [6.07, 6.45) is -4.00. The van der Waals surface area contributed by atoms with Crippen LogP contribution in [0.15, 0.2) is 24.4 Å². The molecular formula is C15H13ClF4N6O3. The number of aromatic nitrogens is 2. The summed E-state index contributed by atoms with van der Waals surface area (Å²) in [4.78, 5) is 35.1. The zero-order valence-electron chi connectivity index (χ0n) is 14.5. The van der Waals surface area contributed by atoms with Gasteiger partial charge in [-0.3, -0.25) is 19.7 Å². The van der Waals surface area contributed by atoms with Crippen molar-refractivity contribution in [3.05, 3.63) is 46.5 Å². The highest BCUT2D eigenvalue weighted by Crippen LogP contribution is 2.30. The lowest BCUT2D eigenvalue weighted by molar-refractivity contribution is -0.141. The van der Waals surface area contributed by atoms with Gasteiger partial charge < -0.3 is 10.6 Å². The molecule has 4 N–H and O–H groups in total. The van der Waals surface area contributed by atoms with Crippen LogP contribution in [0.5, 0.6) is 0 Å². The Morgan fingerprint density at radius 3 is 2.52 bits per heavy atom. The van der Waals surface area contributed by atoms with Crippen LogP contribution in [0.3, 0.4) is 0 Å². The highest BCUT2D eigenvalue weighted by atomic mass is 35.5. The lowest BCUT2D eigenvalue weighted by Crippen LogP contribution is -2.48. The molecule has 4 amide bonds. The number of anilines is 1. The second kappa shape index (κ2) is 8.77. The van der Waals surface area contributed by atoms with Gasteiger partial charge in [0.1, 0.15) is 5.82 Å². The van der Waals surface area contributed by atoms with Crippen LogP contribution in [0.1, 0.15) is 16.1 Å². The molecule has 14 heteroatoms. The maximum Gasteiger partial charge on any atom is 0.435 e. The summed E-state index contributed by atoms with van der Waals surface area (Å²) in [5, 5.41) is 7.33. The van der Waals surface area contributed by atoms with Crippen LogP contribution in [0.4, 0.5) is 28.0 Å². The molecule has 0 atom stereocenters. The Labute approximate surface area is 165 Å². The summed E-state index contributed by atoms with van der Waals surface area (Å²) in [6, 6.07) is 2.45. The lowest BCUT2D eigenvalue weighted by atomic mass is 10.2. The van der Waals surface area contributed by atoms with Crippen molar-refractivity contribution in [2.45, 2.75) is 6.18 Å². The first-order valence-electron chi connectivity index (χ1n) is 7.67. The van der Waals surface area contributed by atoms with E-state index >= 15 is 0 Å². The van der Waals surface area contributed by atoms with Crippen molar-refractivity contribution in [3.63, 3.8) is 0 Å².